The van der Waals surface area contributed by atoms with Gasteiger partial charge in [-0.15, -0.1) is 0 Å². The Kier molecular flexibility index (Phi) is 6.62. The number of carbonyl (C=O) groups excluding carboxylic acids is 1. The predicted molar refractivity (Wildman–Crippen MR) is 117 cm³/mol. The zero-order valence-electron chi connectivity index (χ0n) is 17.9. The number of benzene rings is 1. The summed E-state index contributed by atoms with van der Waals surface area (Å²) < 4.78 is 33.0. The summed E-state index contributed by atoms with van der Waals surface area (Å²) in [6.45, 7) is 2.34. The third kappa shape index (κ3) is 4.62. The molecule has 0 radical (unpaired) electrons. The fraction of sp³-hybridized carbons (Fsp3) is 0.545. The molecular weight excluding hydrogens is 416 g/mol. The summed E-state index contributed by atoms with van der Waals surface area (Å²) in [5.41, 5.74) is 1.33. The standard InChI is InChI=1S/C22H30N4O4S/c1-30-18-8-10-19(11-9-18)31(28,29)26-14-6-7-17(16-26)21-20(15-23-24-21)22(27)25-12-4-2-3-5-13-25/h8-11,15,17H,2-7,12-14,16H2,1H3,(H,23,24). The van der Waals surface area contributed by atoms with Crippen molar-refractivity contribution in [1.29, 1.82) is 0 Å². The Morgan fingerprint density at radius 2 is 1.77 bits per heavy atom. The average molecular weight is 447 g/mol. The molecule has 1 aromatic carbocycles. The van der Waals surface area contributed by atoms with Gasteiger partial charge in [-0.1, -0.05) is 12.8 Å². The summed E-state index contributed by atoms with van der Waals surface area (Å²) in [7, 11) is -2.07. The number of sulfonamides is 1. The summed E-state index contributed by atoms with van der Waals surface area (Å²) in [5.74, 6) is 0.528. The Hall–Kier alpha value is -2.39. The number of aromatic nitrogens is 2. The quantitative estimate of drug-likeness (QED) is 0.762. The van der Waals surface area contributed by atoms with Gasteiger partial charge >= 0.3 is 0 Å². The SMILES string of the molecule is COc1ccc(S(=O)(=O)N2CCCC(c3[nH]ncc3C(=O)N3CCCCCC3)C2)cc1. The van der Waals surface area contributed by atoms with Crippen molar-refractivity contribution in [3.05, 3.63) is 41.7 Å². The number of rotatable bonds is 5. The maximum absolute atomic E-state index is 13.2. The van der Waals surface area contributed by atoms with Crippen LogP contribution in [-0.2, 0) is 10.0 Å². The molecule has 168 valence electrons. The molecule has 2 aliphatic rings. The first-order valence-corrected chi connectivity index (χ1v) is 12.4. The number of amides is 1. The van der Waals surface area contributed by atoms with Crippen LogP contribution in [0.15, 0.2) is 35.4 Å². The topological polar surface area (TPSA) is 95.6 Å². The number of likely N-dealkylation sites (tertiary alicyclic amines) is 1. The van der Waals surface area contributed by atoms with Gasteiger partial charge in [0.05, 0.1) is 29.5 Å². The van der Waals surface area contributed by atoms with E-state index in [1.54, 1.807) is 37.6 Å². The van der Waals surface area contributed by atoms with Crippen molar-refractivity contribution in [3.8, 4) is 5.75 Å². The van der Waals surface area contributed by atoms with Crippen molar-refractivity contribution in [1.82, 2.24) is 19.4 Å². The van der Waals surface area contributed by atoms with Gasteiger partial charge in [0.2, 0.25) is 10.0 Å². The monoisotopic (exact) mass is 446 g/mol. The second-order valence-electron chi connectivity index (χ2n) is 8.28. The minimum absolute atomic E-state index is 0.000727. The average Bonchev–Trinajstić information content (AvgIpc) is 3.13. The minimum Gasteiger partial charge on any atom is -0.497 e. The summed E-state index contributed by atoms with van der Waals surface area (Å²) in [5, 5.41) is 7.15. The van der Waals surface area contributed by atoms with Crippen molar-refractivity contribution in [3.63, 3.8) is 0 Å². The maximum Gasteiger partial charge on any atom is 0.257 e. The molecule has 1 N–H and O–H groups in total. The van der Waals surface area contributed by atoms with Crippen LogP contribution in [0.2, 0.25) is 0 Å². The number of aromatic amines is 1. The third-order valence-corrected chi connectivity index (χ3v) is 8.16. The van der Waals surface area contributed by atoms with Crippen LogP contribution in [0.25, 0.3) is 0 Å². The third-order valence-electron chi connectivity index (χ3n) is 6.28. The van der Waals surface area contributed by atoms with E-state index in [0.29, 0.717) is 24.4 Å². The van der Waals surface area contributed by atoms with Gasteiger partial charge in [-0.25, -0.2) is 8.42 Å². The number of carbonyl (C=O) groups is 1. The van der Waals surface area contributed by atoms with Crippen molar-refractivity contribution >= 4 is 15.9 Å². The molecule has 0 spiro atoms. The van der Waals surface area contributed by atoms with E-state index in [1.807, 2.05) is 4.90 Å². The van der Waals surface area contributed by atoms with Gasteiger partial charge in [0.25, 0.3) is 5.91 Å². The van der Waals surface area contributed by atoms with Gasteiger partial charge < -0.3 is 9.64 Å². The smallest absolute Gasteiger partial charge is 0.257 e. The van der Waals surface area contributed by atoms with Gasteiger partial charge in [-0.3, -0.25) is 9.89 Å². The van der Waals surface area contributed by atoms with Crippen molar-refractivity contribution in [2.45, 2.75) is 49.3 Å². The molecule has 1 amide bonds. The number of H-pyrrole nitrogens is 1. The molecule has 9 heteroatoms. The summed E-state index contributed by atoms with van der Waals surface area (Å²) in [6, 6.07) is 6.45. The fourth-order valence-corrected chi connectivity index (χ4v) is 6.04. The van der Waals surface area contributed by atoms with Crippen LogP contribution in [-0.4, -0.2) is 67.0 Å². The van der Waals surface area contributed by atoms with Gasteiger partial charge in [0, 0.05) is 32.1 Å². The number of hydrogen-bond acceptors (Lipinski definition) is 5. The molecule has 4 rings (SSSR count). The van der Waals surface area contributed by atoms with Crippen molar-refractivity contribution in [2.24, 2.45) is 0 Å². The van der Waals surface area contributed by atoms with E-state index in [-0.39, 0.29) is 16.7 Å². The highest BCUT2D eigenvalue weighted by Gasteiger charge is 2.34. The molecule has 2 aliphatic heterocycles. The molecule has 0 aliphatic carbocycles. The fourth-order valence-electron chi connectivity index (χ4n) is 4.51. The Balaban J connectivity index is 1.52. The lowest BCUT2D eigenvalue weighted by Crippen LogP contribution is -2.40. The first-order valence-electron chi connectivity index (χ1n) is 11.0. The van der Waals surface area contributed by atoms with Crippen molar-refractivity contribution < 1.29 is 17.9 Å². The molecule has 1 unspecified atom stereocenters. The number of piperidine rings is 1. The number of methoxy groups -OCH3 is 1. The van der Waals surface area contributed by atoms with Gasteiger partial charge in [0.15, 0.2) is 0 Å². The highest BCUT2D eigenvalue weighted by molar-refractivity contribution is 7.89. The van der Waals surface area contributed by atoms with Crippen LogP contribution in [0.3, 0.4) is 0 Å². The Labute approximate surface area is 183 Å². The Morgan fingerprint density at radius 3 is 2.45 bits per heavy atom. The molecule has 2 aromatic rings. The van der Waals surface area contributed by atoms with Crippen LogP contribution in [0, 0.1) is 0 Å². The van der Waals surface area contributed by atoms with Gasteiger partial charge in [0.1, 0.15) is 5.75 Å². The number of nitrogens with one attached hydrogen (secondary N) is 1. The lowest BCUT2D eigenvalue weighted by molar-refractivity contribution is 0.0759. The molecule has 1 aromatic heterocycles. The molecule has 0 bridgehead atoms. The van der Waals surface area contributed by atoms with E-state index in [4.69, 9.17) is 4.74 Å². The van der Waals surface area contributed by atoms with Gasteiger partial charge in [-0.05, 0) is 49.9 Å². The van der Waals surface area contributed by atoms with Crippen LogP contribution in [0.5, 0.6) is 5.75 Å². The zero-order valence-corrected chi connectivity index (χ0v) is 18.7. The highest BCUT2D eigenvalue weighted by Crippen LogP contribution is 2.32. The molecule has 0 saturated carbocycles. The molecule has 1 atom stereocenters. The Bertz CT molecular complexity index is 995. The molecular formula is C22H30N4O4S. The lowest BCUT2D eigenvalue weighted by Gasteiger charge is -2.32. The maximum atomic E-state index is 13.2. The second-order valence-corrected chi connectivity index (χ2v) is 10.2. The van der Waals surface area contributed by atoms with Crippen LogP contribution < -0.4 is 4.74 Å². The predicted octanol–water partition coefficient (Wildman–Crippen LogP) is 3.00. The first-order chi connectivity index (χ1) is 15.0. The summed E-state index contributed by atoms with van der Waals surface area (Å²) in [4.78, 5) is 15.3. The minimum atomic E-state index is -3.62. The second kappa shape index (κ2) is 9.40. The highest BCUT2D eigenvalue weighted by atomic mass is 32.2. The largest absolute Gasteiger partial charge is 0.497 e. The molecule has 2 fully saturated rings. The van der Waals surface area contributed by atoms with E-state index in [1.165, 1.54) is 4.31 Å². The number of nitrogens with zero attached hydrogens (tertiary/aromatic N) is 3. The lowest BCUT2D eigenvalue weighted by atomic mass is 9.93. The normalized spacial score (nSPS) is 20.9. The van der Waals surface area contributed by atoms with E-state index >= 15 is 0 Å². The van der Waals surface area contributed by atoms with E-state index in [2.05, 4.69) is 10.2 Å². The van der Waals surface area contributed by atoms with Crippen molar-refractivity contribution in [2.75, 3.05) is 33.3 Å². The zero-order chi connectivity index (χ0) is 21.8. The van der Waals surface area contributed by atoms with E-state index < -0.39 is 10.0 Å². The van der Waals surface area contributed by atoms with Gasteiger partial charge in [-0.2, -0.15) is 9.40 Å². The van der Waals surface area contributed by atoms with Crippen LogP contribution in [0.4, 0.5) is 0 Å². The molecule has 31 heavy (non-hydrogen) atoms. The molecule has 8 nitrogen and oxygen atoms in total. The van der Waals surface area contributed by atoms with E-state index in [9.17, 15) is 13.2 Å². The molecule has 2 saturated heterocycles. The first kappa shape index (κ1) is 21.8. The number of hydrogen-bond donors (Lipinski definition) is 1. The molecule has 3 heterocycles. The van der Waals surface area contributed by atoms with Crippen LogP contribution >= 0.6 is 0 Å². The summed E-state index contributed by atoms with van der Waals surface area (Å²) in [6.07, 6.45) is 7.51. The van der Waals surface area contributed by atoms with E-state index in [0.717, 1.165) is 57.3 Å². The number of ether oxygens (including phenoxy) is 1. The summed E-state index contributed by atoms with van der Waals surface area (Å²) >= 11 is 0. The van der Waals surface area contributed by atoms with Crippen LogP contribution in [0.1, 0.15) is 60.5 Å². The Morgan fingerprint density at radius 1 is 1.06 bits per heavy atom.